The number of pyridine rings is 1. The van der Waals surface area contributed by atoms with E-state index < -0.39 is 0 Å². The van der Waals surface area contributed by atoms with Crippen molar-refractivity contribution in [3.8, 4) is 0 Å². The van der Waals surface area contributed by atoms with E-state index in [-0.39, 0.29) is 6.04 Å². The average molecular weight is 233 g/mol. The van der Waals surface area contributed by atoms with Crippen LogP contribution in [0.1, 0.15) is 51.3 Å². The maximum absolute atomic E-state index is 5.82. The van der Waals surface area contributed by atoms with Gasteiger partial charge >= 0.3 is 0 Å². The molecule has 2 heterocycles. The standard InChI is InChI=1S/C14H23N3/c1-3-12-6-4-5-9-17(12)13-7-8-14(11(2)15)16-10-13/h7-8,10-12H,3-6,9,15H2,1-2H3/t11-,12?/m1/s1. The molecule has 0 aliphatic carbocycles. The van der Waals surface area contributed by atoms with Gasteiger partial charge in [0.2, 0.25) is 0 Å². The van der Waals surface area contributed by atoms with E-state index >= 15 is 0 Å². The Hall–Kier alpha value is -1.09. The van der Waals surface area contributed by atoms with Gasteiger partial charge in [0.15, 0.2) is 0 Å². The number of piperidine rings is 1. The molecular weight excluding hydrogens is 210 g/mol. The molecule has 17 heavy (non-hydrogen) atoms. The molecule has 1 aromatic heterocycles. The number of anilines is 1. The number of hydrogen-bond acceptors (Lipinski definition) is 3. The van der Waals surface area contributed by atoms with Crippen LogP contribution in [0.25, 0.3) is 0 Å². The van der Waals surface area contributed by atoms with Crippen LogP contribution in [0.5, 0.6) is 0 Å². The van der Waals surface area contributed by atoms with Crippen molar-refractivity contribution in [3.05, 3.63) is 24.0 Å². The van der Waals surface area contributed by atoms with Gasteiger partial charge in [0, 0.05) is 18.6 Å². The van der Waals surface area contributed by atoms with Crippen LogP contribution in [0, 0.1) is 0 Å². The Morgan fingerprint density at radius 3 is 2.88 bits per heavy atom. The van der Waals surface area contributed by atoms with Crippen molar-refractivity contribution < 1.29 is 0 Å². The van der Waals surface area contributed by atoms with Gasteiger partial charge in [-0.1, -0.05) is 6.92 Å². The second-order valence-electron chi connectivity index (χ2n) is 4.98. The fraction of sp³-hybridized carbons (Fsp3) is 0.643. The predicted octanol–water partition coefficient (Wildman–Crippen LogP) is 2.87. The first kappa shape index (κ1) is 12.4. The SMILES string of the molecule is CCC1CCCCN1c1ccc([C@@H](C)N)nc1. The molecule has 0 aromatic carbocycles. The number of rotatable bonds is 3. The summed E-state index contributed by atoms with van der Waals surface area (Å²) in [7, 11) is 0. The Labute approximate surface area is 104 Å². The third-order valence-electron chi connectivity index (χ3n) is 3.67. The lowest BCUT2D eigenvalue weighted by Gasteiger charge is -2.37. The first-order chi connectivity index (χ1) is 8.22. The van der Waals surface area contributed by atoms with Crippen LogP contribution in [0.2, 0.25) is 0 Å². The van der Waals surface area contributed by atoms with Gasteiger partial charge in [-0.15, -0.1) is 0 Å². The average Bonchev–Trinajstić information content (AvgIpc) is 2.39. The summed E-state index contributed by atoms with van der Waals surface area (Å²) < 4.78 is 0. The highest BCUT2D eigenvalue weighted by molar-refractivity contribution is 5.46. The molecule has 0 amide bonds. The Bertz CT molecular complexity index is 345. The van der Waals surface area contributed by atoms with Crippen molar-refractivity contribution in [3.63, 3.8) is 0 Å². The Morgan fingerprint density at radius 1 is 1.47 bits per heavy atom. The highest BCUT2D eigenvalue weighted by Gasteiger charge is 2.21. The van der Waals surface area contributed by atoms with E-state index in [9.17, 15) is 0 Å². The maximum atomic E-state index is 5.82. The summed E-state index contributed by atoms with van der Waals surface area (Å²) in [5.41, 5.74) is 8.04. The van der Waals surface area contributed by atoms with E-state index in [2.05, 4.69) is 28.9 Å². The minimum atomic E-state index is 0.0207. The summed E-state index contributed by atoms with van der Waals surface area (Å²) in [6.07, 6.45) is 7.17. The summed E-state index contributed by atoms with van der Waals surface area (Å²) in [6, 6.07) is 4.93. The highest BCUT2D eigenvalue weighted by Crippen LogP contribution is 2.26. The van der Waals surface area contributed by atoms with Crippen LogP contribution >= 0.6 is 0 Å². The fourth-order valence-electron chi connectivity index (χ4n) is 2.60. The van der Waals surface area contributed by atoms with Crippen molar-refractivity contribution in [2.24, 2.45) is 5.73 Å². The molecule has 0 bridgehead atoms. The Balaban J connectivity index is 2.15. The van der Waals surface area contributed by atoms with Crippen molar-refractivity contribution in [2.75, 3.05) is 11.4 Å². The van der Waals surface area contributed by atoms with Gasteiger partial charge in [-0.25, -0.2) is 0 Å². The first-order valence-electron chi connectivity index (χ1n) is 6.70. The van der Waals surface area contributed by atoms with Crippen molar-refractivity contribution >= 4 is 5.69 Å². The second-order valence-corrected chi connectivity index (χ2v) is 4.98. The van der Waals surface area contributed by atoms with Crippen LogP contribution < -0.4 is 10.6 Å². The van der Waals surface area contributed by atoms with E-state index in [1.54, 1.807) is 0 Å². The molecule has 94 valence electrons. The largest absolute Gasteiger partial charge is 0.367 e. The number of hydrogen-bond donors (Lipinski definition) is 1. The zero-order valence-electron chi connectivity index (χ0n) is 10.9. The quantitative estimate of drug-likeness (QED) is 0.873. The molecule has 1 unspecified atom stereocenters. The maximum Gasteiger partial charge on any atom is 0.0569 e. The Kier molecular flexibility index (Phi) is 4.00. The van der Waals surface area contributed by atoms with Gasteiger partial charge in [-0.2, -0.15) is 0 Å². The molecule has 1 aliphatic heterocycles. The lowest BCUT2D eigenvalue weighted by Crippen LogP contribution is -2.39. The zero-order chi connectivity index (χ0) is 12.3. The molecule has 0 radical (unpaired) electrons. The molecule has 1 fully saturated rings. The number of aromatic nitrogens is 1. The molecule has 2 rings (SSSR count). The van der Waals surface area contributed by atoms with Gasteiger partial charge in [0.25, 0.3) is 0 Å². The minimum absolute atomic E-state index is 0.0207. The van der Waals surface area contributed by atoms with Gasteiger partial charge in [0.1, 0.15) is 0 Å². The van der Waals surface area contributed by atoms with E-state index in [1.165, 1.54) is 31.4 Å². The van der Waals surface area contributed by atoms with E-state index in [4.69, 9.17) is 5.73 Å². The van der Waals surface area contributed by atoms with Crippen LogP contribution in [-0.4, -0.2) is 17.6 Å². The molecule has 1 saturated heterocycles. The number of nitrogens with two attached hydrogens (primary N) is 1. The van der Waals surface area contributed by atoms with Gasteiger partial charge < -0.3 is 10.6 Å². The second kappa shape index (κ2) is 5.50. The van der Waals surface area contributed by atoms with Gasteiger partial charge in [-0.05, 0) is 44.7 Å². The normalized spacial score (nSPS) is 22.5. The molecule has 3 nitrogen and oxygen atoms in total. The van der Waals surface area contributed by atoms with E-state index in [1.807, 2.05) is 13.1 Å². The molecule has 1 aliphatic rings. The third-order valence-corrected chi connectivity index (χ3v) is 3.67. The van der Waals surface area contributed by atoms with Crippen LogP contribution in [0.4, 0.5) is 5.69 Å². The summed E-state index contributed by atoms with van der Waals surface area (Å²) in [5.74, 6) is 0. The van der Waals surface area contributed by atoms with Gasteiger partial charge in [0.05, 0.1) is 17.6 Å². The molecule has 0 saturated carbocycles. The minimum Gasteiger partial charge on any atom is -0.367 e. The molecule has 2 N–H and O–H groups in total. The van der Waals surface area contributed by atoms with Crippen LogP contribution in [0.3, 0.4) is 0 Å². The summed E-state index contributed by atoms with van der Waals surface area (Å²) >= 11 is 0. The summed E-state index contributed by atoms with van der Waals surface area (Å²) in [4.78, 5) is 6.96. The predicted molar refractivity (Wildman–Crippen MR) is 72.1 cm³/mol. The van der Waals surface area contributed by atoms with Gasteiger partial charge in [-0.3, -0.25) is 4.98 Å². The smallest absolute Gasteiger partial charge is 0.0569 e. The Morgan fingerprint density at radius 2 is 2.29 bits per heavy atom. The molecule has 3 heteroatoms. The number of nitrogens with zero attached hydrogens (tertiary/aromatic N) is 2. The highest BCUT2D eigenvalue weighted by atomic mass is 15.2. The first-order valence-corrected chi connectivity index (χ1v) is 6.70. The monoisotopic (exact) mass is 233 g/mol. The van der Waals surface area contributed by atoms with Crippen LogP contribution in [-0.2, 0) is 0 Å². The van der Waals surface area contributed by atoms with E-state index in [0.717, 1.165) is 12.2 Å². The molecule has 1 aromatic rings. The lowest BCUT2D eigenvalue weighted by molar-refractivity contribution is 0.449. The molecule has 0 spiro atoms. The van der Waals surface area contributed by atoms with Crippen LogP contribution in [0.15, 0.2) is 18.3 Å². The fourth-order valence-corrected chi connectivity index (χ4v) is 2.60. The molecule has 2 atom stereocenters. The summed E-state index contributed by atoms with van der Waals surface area (Å²) in [5, 5.41) is 0. The third kappa shape index (κ3) is 2.78. The van der Waals surface area contributed by atoms with Crippen molar-refractivity contribution in [1.82, 2.24) is 4.98 Å². The topological polar surface area (TPSA) is 42.1 Å². The summed E-state index contributed by atoms with van der Waals surface area (Å²) in [6.45, 7) is 5.40. The lowest BCUT2D eigenvalue weighted by atomic mass is 9.99. The molecular formula is C14H23N3. The zero-order valence-corrected chi connectivity index (χ0v) is 10.9. The van der Waals surface area contributed by atoms with Crippen molar-refractivity contribution in [2.45, 2.75) is 51.6 Å². The van der Waals surface area contributed by atoms with E-state index in [0.29, 0.717) is 6.04 Å². The van der Waals surface area contributed by atoms with Crippen molar-refractivity contribution in [1.29, 1.82) is 0 Å².